The predicted molar refractivity (Wildman–Crippen MR) is 60.2 cm³/mol. The first-order valence-electron chi connectivity index (χ1n) is 4.18. The van der Waals surface area contributed by atoms with Crippen LogP contribution in [-0.2, 0) is 0 Å². The Morgan fingerprint density at radius 3 is 2.93 bits per heavy atom. The number of anilines is 1. The molecule has 1 aromatic carbocycles. The van der Waals surface area contributed by atoms with E-state index in [-0.39, 0.29) is 0 Å². The van der Waals surface area contributed by atoms with Gasteiger partial charge >= 0.3 is 0 Å². The Bertz CT molecular complexity index is 513. The van der Waals surface area contributed by atoms with Gasteiger partial charge in [0.25, 0.3) is 0 Å². The molecule has 0 saturated carbocycles. The van der Waals surface area contributed by atoms with Gasteiger partial charge in [-0.2, -0.15) is 5.10 Å². The van der Waals surface area contributed by atoms with Gasteiger partial charge in [0.2, 0.25) is 0 Å². The number of aromatic amines is 1. The quantitative estimate of drug-likeness (QED) is 0.707. The number of aromatic nitrogens is 2. The van der Waals surface area contributed by atoms with Crippen molar-refractivity contribution in [2.75, 3.05) is 5.73 Å². The summed E-state index contributed by atoms with van der Waals surface area (Å²) >= 11 is 5.87. The molecule has 0 aliphatic heterocycles. The van der Waals surface area contributed by atoms with Crippen molar-refractivity contribution in [3.8, 4) is 0 Å². The average molecular weight is 208 g/mol. The van der Waals surface area contributed by atoms with Crippen molar-refractivity contribution >= 4 is 33.8 Å². The van der Waals surface area contributed by atoms with E-state index in [0.29, 0.717) is 10.8 Å². The highest BCUT2D eigenvalue weighted by molar-refractivity contribution is 6.35. The summed E-state index contributed by atoms with van der Waals surface area (Å²) in [4.78, 5) is 0. The Morgan fingerprint density at radius 2 is 2.29 bits per heavy atom. The lowest BCUT2D eigenvalue weighted by molar-refractivity contribution is 1.12. The number of hydrogen-bond donors (Lipinski definition) is 2. The molecule has 72 valence electrons. The fraction of sp³-hybridized carbons (Fsp3) is 0.100. The Kier molecular flexibility index (Phi) is 1.97. The molecule has 2 aromatic rings. The zero-order valence-corrected chi connectivity index (χ0v) is 8.52. The Morgan fingerprint density at radius 1 is 1.57 bits per heavy atom. The monoisotopic (exact) mass is 207 g/mol. The van der Waals surface area contributed by atoms with E-state index in [4.69, 9.17) is 17.3 Å². The number of hydrogen-bond acceptors (Lipinski definition) is 2. The SMILES string of the molecule is C=C(C)c1cc(N)c2c(Cl)n[nH]c2c1. The van der Waals surface area contributed by atoms with Crippen LogP contribution < -0.4 is 5.73 Å². The number of halogens is 1. The van der Waals surface area contributed by atoms with Crippen molar-refractivity contribution in [2.24, 2.45) is 0 Å². The molecular formula is C10H10ClN3. The Hall–Kier alpha value is -1.48. The molecule has 0 aliphatic carbocycles. The molecule has 14 heavy (non-hydrogen) atoms. The van der Waals surface area contributed by atoms with Crippen molar-refractivity contribution < 1.29 is 0 Å². The fourth-order valence-corrected chi connectivity index (χ4v) is 1.65. The number of rotatable bonds is 1. The van der Waals surface area contributed by atoms with Crippen molar-refractivity contribution in [1.29, 1.82) is 0 Å². The van der Waals surface area contributed by atoms with Crippen LogP contribution in [0, 0.1) is 0 Å². The minimum Gasteiger partial charge on any atom is -0.398 e. The summed E-state index contributed by atoms with van der Waals surface area (Å²) in [6.45, 7) is 5.79. The lowest BCUT2D eigenvalue weighted by Gasteiger charge is -2.02. The van der Waals surface area contributed by atoms with Crippen LogP contribution in [0.3, 0.4) is 0 Å². The number of benzene rings is 1. The molecule has 4 heteroatoms. The molecule has 2 rings (SSSR count). The molecule has 0 bridgehead atoms. The minimum atomic E-state index is 0.408. The van der Waals surface area contributed by atoms with Gasteiger partial charge in [0.05, 0.1) is 10.9 Å². The van der Waals surface area contributed by atoms with Crippen LogP contribution >= 0.6 is 11.6 Å². The molecular weight excluding hydrogens is 198 g/mol. The first kappa shape index (κ1) is 9.09. The van der Waals surface area contributed by atoms with Gasteiger partial charge in [0.1, 0.15) is 0 Å². The van der Waals surface area contributed by atoms with E-state index in [1.165, 1.54) is 0 Å². The lowest BCUT2D eigenvalue weighted by Crippen LogP contribution is -1.88. The summed E-state index contributed by atoms with van der Waals surface area (Å²) in [6, 6.07) is 3.79. The van der Waals surface area contributed by atoms with Crippen molar-refractivity contribution in [3.63, 3.8) is 0 Å². The van der Waals surface area contributed by atoms with E-state index in [0.717, 1.165) is 22.0 Å². The topological polar surface area (TPSA) is 54.7 Å². The molecule has 3 N–H and O–H groups in total. The first-order valence-corrected chi connectivity index (χ1v) is 4.56. The average Bonchev–Trinajstić information content (AvgIpc) is 2.48. The molecule has 1 heterocycles. The van der Waals surface area contributed by atoms with E-state index in [9.17, 15) is 0 Å². The number of nitrogen functional groups attached to an aromatic ring is 1. The van der Waals surface area contributed by atoms with Crippen LogP contribution in [-0.4, -0.2) is 10.2 Å². The normalized spacial score (nSPS) is 10.7. The van der Waals surface area contributed by atoms with Crippen molar-refractivity contribution in [1.82, 2.24) is 10.2 Å². The number of H-pyrrole nitrogens is 1. The van der Waals surface area contributed by atoms with Crippen molar-refractivity contribution in [2.45, 2.75) is 6.92 Å². The second kappa shape index (κ2) is 3.03. The molecule has 0 aliphatic rings. The molecule has 0 fully saturated rings. The summed E-state index contributed by atoms with van der Waals surface area (Å²) in [5.74, 6) is 0. The second-order valence-corrected chi connectivity index (χ2v) is 3.64. The highest BCUT2D eigenvalue weighted by Crippen LogP contribution is 2.29. The number of nitrogens with zero attached hydrogens (tertiary/aromatic N) is 1. The third-order valence-electron chi connectivity index (χ3n) is 2.14. The largest absolute Gasteiger partial charge is 0.398 e. The van der Waals surface area contributed by atoms with Crippen LogP contribution in [0.2, 0.25) is 5.15 Å². The molecule has 0 spiro atoms. The van der Waals surface area contributed by atoms with Gasteiger partial charge in [0, 0.05) is 5.69 Å². The van der Waals surface area contributed by atoms with Gasteiger partial charge in [0.15, 0.2) is 5.15 Å². The second-order valence-electron chi connectivity index (χ2n) is 3.28. The van der Waals surface area contributed by atoms with Gasteiger partial charge in [-0.15, -0.1) is 0 Å². The van der Waals surface area contributed by atoms with Crippen molar-refractivity contribution in [3.05, 3.63) is 29.4 Å². The third-order valence-corrected chi connectivity index (χ3v) is 2.42. The van der Waals surface area contributed by atoms with Crippen LogP contribution in [0.5, 0.6) is 0 Å². The number of fused-ring (bicyclic) bond motifs is 1. The highest BCUT2D eigenvalue weighted by atomic mass is 35.5. The number of allylic oxidation sites excluding steroid dienone is 1. The highest BCUT2D eigenvalue weighted by Gasteiger charge is 2.08. The standard InChI is InChI=1S/C10H10ClN3/c1-5(2)6-3-7(12)9-8(4-6)13-14-10(9)11/h3-4H,1,12H2,2H3,(H,13,14). The van der Waals surface area contributed by atoms with E-state index >= 15 is 0 Å². The molecule has 0 unspecified atom stereocenters. The first-order chi connectivity index (χ1) is 6.59. The van der Waals surface area contributed by atoms with E-state index in [1.807, 2.05) is 19.1 Å². The fourth-order valence-electron chi connectivity index (χ4n) is 1.39. The van der Waals surface area contributed by atoms with Gasteiger partial charge in [-0.3, -0.25) is 5.10 Å². The van der Waals surface area contributed by atoms with Crippen LogP contribution in [0.1, 0.15) is 12.5 Å². The zero-order valence-electron chi connectivity index (χ0n) is 7.76. The van der Waals surface area contributed by atoms with Crippen LogP contribution in [0.15, 0.2) is 18.7 Å². The van der Waals surface area contributed by atoms with E-state index in [1.54, 1.807) is 0 Å². The molecule has 0 radical (unpaired) electrons. The molecule has 0 atom stereocenters. The lowest BCUT2D eigenvalue weighted by atomic mass is 10.1. The number of nitrogens with one attached hydrogen (secondary N) is 1. The molecule has 1 aromatic heterocycles. The summed E-state index contributed by atoms with van der Waals surface area (Å²) in [5.41, 5.74) is 9.28. The summed E-state index contributed by atoms with van der Waals surface area (Å²) in [5, 5.41) is 7.89. The maximum Gasteiger partial charge on any atom is 0.160 e. The minimum absolute atomic E-state index is 0.408. The molecule has 0 saturated heterocycles. The Balaban J connectivity index is 2.80. The van der Waals surface area contributed by atoms with Crippen LogP contribution in [0.25, 0.3) is 16.5 Å². The van der Waals surface area contributed by atoms with Gasteiger partial charge < -0.3 is 5.73 Å². The molecule has 0 amide bonds. The van der Waals surface area contributed by atoms with Gasteiger partial charge in [-0.05, 0) is 24.6 Å². The van der Waals surface area contributed by atoms with E-state index in [2.05, 4.69) is 16.8 Å². The molecule has 3 nitrogen and oxygen atoms in total. The summed E-state index contributed by atoms with van der Waals surface area (Å²) in [6.07, 6.45) is 0. The van der Waals surface area contributed by atoms with Crippen LogP contribution in [0.4, 0.5) is 5.69 Å². The summed E-state index contributed by atoms with van der Waals surface area (Å²) < 4.78 is 0. The van der Waals surface area contributed by atoms with E-state index < -0.39 is 0 Å². The third kappa shape index (κ3) is 1.26. The zero-order chi connectivity index (χ0) is 10.3. The number of nitrogens with two attached hydrogens (primary N) is 1. The van der Waals surface area contributed by atoms with Gasteiger partial charge in [-0.25, -0.2) is 0 Å². The maximum absolute atomic E-state index is 5.87. The predicted octanol–water partition coefficient (Wildman–Crippen LogP) is 2.83. The Labute approximate surface area is 86.6 Å². The summed E-state index contributed by atoms with van der Waals surface area (Å²) in [7, 11) is 0. The smallest absolute Gasteiger partial charge is 0.160 e. The maximum atomic E-state index is 5.87. The van der Waals surface area contributed by atoms with Gasteiger partial charge in [-0.1, -0.05) is 23.8 Å².